The molecule has 9 rings (SSSR count). The van der Waals surface area contributed by atoms with E-state index in [0.29, 0.717) is 0 Å². The number of benzene rings is 7. The van der Waals surface area contributed by atoms with Crippen LogP contribution >= 0.6 is 0 Å². The Hall–Kier alpha value is -5.34. The SMILES string of the molecule is CC1(C)c2ccc(-c3c4ccccc4c(-c4ccccc4)c4ccccc34)cc2Oc2c1ccc1c2oc2ccccc21. The van der Waals surface area contributed by atoms with Gasteiger partial charge in [-0.3, -0.25) is 0 Å². The molecule has 204 valence electrons. The second kappa shape index (κ2) is 8.83. The molecule has 0 atom stereocenters. The molecule has 0 fully saturated rings. The van der Waals surface area contributed by atoms with Gasteiger partial charge in [-0.25, -0.2) is 0 Å². The van der Waals surface area contributed by atoms with Crippen molar-refractivity contribution >= 4 is 43.5 Å². The largest absolute Gasteiger partial charge is 0.453 e. The molecule has 0 saturated carbocycles. The second-order valence-electron chi connectivity index (χ2n) is 12.1. The van der Waals surface area contributed by atoms with Crippen LogP contribution in [0.5, 0.6) is 11.5 Å². The van der Waals surface area contributed by atoms with Crippen molar-refractivity contribution in [3.8, 4) is 33.8 Å². The molecule has 0 bridgehead atoms. The second-order valence-corrected chi connectivity index (χ2v) is 12.1. The van der Waals surface area contributed by atoms with Crippen LogP contribution in [0.2, 0.25) is 0 Å². The molecular weight excluding hydrogens is 524 g/mol. The lowest BCUT2D eigenvalue weighted by atomic mass is 9.75. The van der Waals surface area contributed by atoms with Gasteiger partial charge in [0.2, 0.25) is 0 Å². The smallest absolute Gasteiger partial charge is 0.178 e. The molecule has 2 heterocycles. The minimum atomic E-state index is -0.254. The summed E-state index contributed by atoms with van der Waals surface area (Å²) in [7, 11) is 0. The fourth-order valence-electron chi connectivity index (χ4n) is 7.25. The van der Waals surface area contributed by atoms with Crippen LogP contribution in [0.3, 0.4) is 0 Å². The van der Waals surface area contributed by atoms with E-state index in [1.165, 1.54) is 43.8 Å². The zero-order valence-corrected chi connectivity index (χ0v) is 24.0. The highest BCUT2D eigenvalue weighted by Crippen LogP contribution is 2.53. The molecule has 0 spiro atoms. The lowest BCUT2D eigenvalue weighted by Gasteiger charge is -2.34. The Balaban J connectivity index is 1.30. The fraction of sp³-hybridized carbons (Fsp3) is 0.0732. The van der Waals surface area contributed by atoms with Crippen molar-refractivity contribution in [2.45, 2.75) is 19.3 Å². The van der Waals surface area contributed by atoms with E-state index in [1.807, 2.05) is 12.1 Å². The van der Waals surface area contributed by atoms with Gasteiger partial charge in [0.25, 0.3) is 0 Å². The molecular formula is C41H28O2. The van der Waals surface area contributed by atoms with Gasteiger partial charge >= 0.3 is 0 Å². The van der Waals surface area contributed by atoms with Gasteiger partial charge in [-0.15, -0.1) is 0 Å². The first-order valence-electron chi connectivity index (χ1n) is 14.9. The van der Waals surface area contributed by atoms with E-state index < -0.39 is 0 Å². The summed E-state index contributed by atoms with van der Waals surface area (Å²) in [5.74, 6) is 1.70. The number of ether oxygens (including phenoxy) is 1. The first kappa shape index (κ1) is 24.3. The van der Waals surface area contributed by atoms with Crippen molar-refractivity contribution in [3.63, 3.8) is 0 Å². The van der Waals surface area contributed by atoms with Gasteiger partial charge in [0.1, 0.15) is 11.3 Å². The maximum absolute atomic E-state index is 6.84. The molecule has 0 unspecified atom stereocenters. The molecule has 0 N–H and O–H groups in total. The first-order chi connectivity index (χ1) is 21.1. The van der Waals surface area contributed by atoms with Crippen LogP contribution in [-0.2, 0) is 5.41 Å². The predicted octanol–water partition coefficient (Wildman–Crippen LogP) is 11.7. The minimum Gasteiger partial charge on any atom is -0.453 e. The zero-order chi connectivity index (χ0) is 28.7. The average molecular weight is 553 g/mol. The van der Waals surface area contributed by atoms with Gasteiger partial charge in [-0.05, 0) is 62.0 Å². The Morgan fingerprint density at radius 1 is 0.465 bits per heavy atom. The van der Waals surface area contributed by atoms with Crippen molar-refractivity contribution < 1.29 is 9.15 Å². The van der Waals surface area contributed by atoms with E-state index in [1.54, 1.807) is 0 Å². The molecule has 0 radical (unpaired) electrons. The Labute approximate surface area is 249 Å². The summed E-state index contributed by atoms with van der Waals surface area (Å²) in [6, 6.07) is 47.6. The molecule has 1 aliphatic heterocycles. The molecule has 8 aromatic rings. The van der Waals surface area contributed by atoms with Crippen molar-refractivity contribution in [1.82, 2.24) is 0 Å². The van der Waals surface area contributed by atoms with Gasteiger partial charge < -0.3 is 9.15 Å². The highest BCUT2D eigenvalue weighted by molar-refractivity contribution is 6.21. The van der Waals surface area contributed by atoms with E-state index in [0.717, 1.165) is 44.6 Å². The van der Waals surface area contributed by atoms with Crippen molar-refractivity contribution in [2.75, 3.05) is 0 Å². The Kier molecular flexibility index (Phi) is 4.99. The first-order valence-corrected chi connectivity index (χ1v) is 14.9. The van der Waals surface area contributed by atoms with E-state index in [9.17, 15) is 0 Å². The monoisotopic (exact) mass is 552 g/mol. The lowest BCUT2D eigenvalue weighted by molar-refractivity contribution is 0.415. The van der Waals surface area contributed by atoms with Gasteiger partial charge in [-0.2, -0.15) is 0 Å². The Bertz CT molecular complexity index is 2340. The van der Waals surface area contributed by atoms with Gasteiger partial charge in [-0.1, -0.05) is 129 Å². The van der Waals surface area contributed by atoms with Crippen molar-refractivity contribution in [1.29, 1.82) is 0 Å². The summed E-state index contributed by atoms with van der Waals surface area (Å²) in [4.78, 5) is 0. The molecule has 0 amide bonds. The van der Waals surface area contributed by atoms with Crippen LogP contribution in [0.1, 0.15) is 25.0 Å². The van der Waals surface area contributed by atoms with E-state index >= 15 is 0 Å². The van der Waals surface area contributed by atoms with Crippen LogP contribution in [0.15, 0.2) is 138 Å². The third-order valence-corrected chi connectivity index (χ3v) is 9.32. The van der Waals surface area contributed by atoms with Gasteiger partial charge in [0.05, 0.1) is 0 Å². The Morgan fingerprint density at radius 3 is 1.70 bits per heavy atom. The van der Waals surface area contributed by atoms with Gasteiger partial charge in [0, 0.05) is 27.3 Å². The number of rotatable bonds is 2. The summed E-state index contributed by atoms with van der Waals surface area (Å²) in [6.07, 6.45) is 0. The summed E-state index contributed by atoms with van der Waals surface area (Å²) in [5, 5.41) is 7.15. The average Bonchev–Trinajstić information content (AvgIpc) is 3.43. The van der Waals surface area contributed by atoms with Crippen LogP contribution in [0, 0.1) is 0 Å². The van der Waals surface area contributed by atoms with Crippen LogP contribution < -0.4 is 4.74 Å². The maximum atomic E-state index is 6.84. The maximum Gasteiger partial charge on any atom is 0.178 e. The van der Waals surface area contributed by atoms with Crippen LogP contribution in [-0.4, -0.2) is 0 Å². The number of hydrogen-bond donors (Lipinski definition) is 0. The third kappa shape index (κ3) is 3.41. The summed E-state index contributed by atoms with van der Waals surface area (Å²) in [5.41, 5.74) is 8.61. The topological polar surface area (TPSA) is 22.4 Å². The number of para-hydroxylation sites is 1. The quantitative estimate of drug-likeness (QED) is 0.199. The molecule has 43 heavy (non-hydrogen) atoms. The summed E-state index contributed by atoms with van der Waals surface area (Å²) >= 11 is 0. The predicted molar refractivity (Wildman–Crippen MR) is 178 cm³/mol. The lowest BCUT2D eigenvalue weighted by Crippen LogP contribution is -2.24. The van der Waals surface area contributed by atoms with Gasteiger partial charge in [0.15, 0.2) is 11.3 Å². The fourth-order valence-corrected chi connectivity index (χ4v) is 7.25. The van der Waals surface area contributed by atoms with Crippen LogP contribution in [0.25, 0.3) is 65.7 Å². The molecule has 1 aromatic heterocycles. The minimum absolute atomic E-state index is 0.254. The molecule has 0 aliphatic carbocycles. The molecule has 1 aliphatic rings. The normalized spacial score (nSPS) is 13.7. The third-order valence-electron chi connectivity index (χ3n) is 9.32. The summed E-state index contributed by atoms with van der Waals surface area (Å²) in [6.45, 7) is 4.56. The van der Waals surface area contributed by atoms with Crippen molar-refractivity contribution in [2.24, 2.45) is 0 Å². The summed E-state index contributed by atoms with van der Waals surface area (Å²) < 4.78 is 13.3. The highest BCUT2D eigenvalue weighted by Gasteiger charge is 2.36. The zero-order valence-electron chi connectivity index (χ0n) is 24.0. The van der Waals surface area contributed by atoms with E-state index in [2.05, 4.69) is 135 Å². The van der Waals surface area contributed by atoms with E-state index in [4.69, 9.17) is 9.15 Å². The molecule has 2 nitrogen and oxygen atoms in total. The van der Waals surface area contributed by atoms with E-state index in [-0.39, 0.29) is 5.41 Å². The molecule has 7 aromatic carbocycles. The molecule has 2 heteroatoms. The molecule has 0 saturated heterocycles. The van der Waals surface area contributed by atoms with Crippen LogP contribution in [0.4, 0.5) is 0 Å². The highest BCUT2D eigenvalue weighted by atomic mass is 16.5. The number of fused-ring (bicyclic) bond motifs is 8. The van der Waals surface area contributed by atoms with Crippen molar-refractivity contribution in [3.05, 3.63) is 145 Å². The standard InChI is InChI=1S/C41H28O2/c1-41(2)33-22-20-26(24-36(33)43-40-34(41)23-21-32-27-14-10-11-19-35(27)42-39(32)40)38-30-17-8-6-15-28(30)37(25-12-4-3-5-13-25)29-16-7-9-18-31(29)38/h3-24H,1-2H3. The number of hydrogen-bond acceptors (Lipinski definition) is 2. The Morgan fingerprint density at radius 2 is 1.02 bits per heavy atom. The number of furan rings is 1.